The van der Waals surface area contributed by atoms with E-state index in [9.17, 15) is 13.2 Å². The van der Waals surface area contributed by atoms with Crippen LogP contribution in [0.2, 0.25) is 0 Å². The molecule has 0 fully saturated rings. The van der Waals surface area contributed by atoms with Crippen LogP contribution in [0, 0.1) is 29.3 Å². The molecule has 0 aliphatic carbocycles. The summed E-state index contributed by atoms with van der Waals surface area (Å²) in [6.07, 6.45) is 1.98. The largest absolute Gasteiger partial charge is 0.207 e. The summed E-state index contributed by atoms with van der Waals surface area (Å²) in [5, 5.41) is 0. The van der Waals surface area contributed by atoms with Gasteiger partial charge in [0.25, 0.3) is 0 Å². The van der Waals surface area contributed by atoms with Crippen LogP contribution in [0.4, 0.5) is 13.2 Å². The standard InChI is InChI=1S/C23H17F3/c1-2-3-16-4-9-18(10-5-16)21-15-12-19(22(25)23(21)26)11-6-17-7-13-20(24)14-8-17/h4-5,7-10,12-15H,2-3H2,1H3. The average molecular weight is 350 g/mol. The summed E-state index contributed by atoms with van der Waals surface area (Å²) in [4.78, 5) is 0. The first-order chi connectivity index (χ1) is 12.6. The monoisotopic (exact) mass is 350 g/mol. The maximum Gasteiger partial charge on any atom is 0.175 e. The van der Waals surface area contributed by atoms with Crippen molar-refractivity contribution < 1.29 is 13.2 Å². The molecule has 3 aromatic carbocycles. The summed E-state index contributed by atoms with van der Waals surface area (Å²) in [6.45, 7) is 2.09. The van der Waals surface area contributed by atoms with Crippen LogP contribution in [0.1, 0.15) is 30.0 Å². The van der Waals surface area contributed by atoms with E-state index in [0.717, 1.165) is 12.8 Å². The fourth-order valence-electron chi connectivity index (χ4n) is 2.68. The van der Waals surface area contributed by atoms with E-state index >= 15 is 0 Å². The molecular formula is C23H17F3. The molecule has 3 rings (SSSR count). The van der Waals surface area contributed by atoms with Crippen LogP contribution in [-0.4, -0.2) is 0 Å². The third-order valence-corrected chi connectivity index (χ3v) is 4.07. The molecule has 3 heteroatoms. The highest BCUT2D eigenvalue weighted by Crippen LogP contribution is 2.26. The Labute approximate surface area is 151 Å². The average Bonchev–Trinajstić information content (AvgIpc) is 2.65. The van der Waals surface area contributed by atoms with E-state index in [0.29, 0.717) is 11.1 Å². The predicted molar refractivity (Wildman–Crippen MR) is 98.2 cm³/mol. The van der Waals surface area contributed by atoms with Crippen molar-refractivity contribution in [2.75, 3.05) is 0 Å². The molecule has 0 aliphatic heterocycles. The Balaban J connectivity index is 1.90. The molecule has 26 heavy (non-hydrogen) atoms. The number of benzene rings is 3. The second kappa shape index (κ2) is 7.93. The maximum absolute atomic E-state index is 14.5. The number of halogens is 3. The third-order valence-electron chi connectivity index (χ3n) is 4.07. The van der Waals surface area contributed by atoms with E-state index in [1.54, 1.807) is 12.1 Å². The highest BCUT2D eigenvalue weighted by Gasteiger charge is 2.13. The van der Waals surface area contributed by atoms with Crippen LogP contribution in [-0.2, 0) is 6.42 Å². The Kier molecular flexibility index (Phi) is 5.43. The first-order valence-electron chi connectivity index (χ1n) is 8.43. The van der Waals surface area contributed by atoms with Gasteiger partial charge in [-0.05, 0) is 53.9 Å². The van der Waals surface area contributed by atoms with Crippen LogP contribution < -0.4 is 0 Å². The van der Waals surface area contributed by atoms with E-state index in [4.69, 9.17) is 0 Å². The molecule has 0 aliphatic rings. The van der Waals surface area contributed by atoms with Gasteiger partial charge in [-0.15, -0.1) is 0 Å². The first kappa shape index (κ1) is 17.8. The lowest BCUT2D eigenvalue weighted by Crippen LogP contribution is -1.94. The summed E-state index contributed by atoms with van der Waals surface area (Å²) in [5.74, 6) is 3.05. The van der Waals surface area contributed by atoms with Crippen molar-refractivity contribution in [2.24, 2.45) is 0 Å². The van der Waals surface area contributed by atoms with Crippen LogP contribution >= 0.6 is 0 Å². The zero-order valence-corrected chi connectivity index (χ0v) is 14.3. The van der Waals surface area contributed by atoms with Crippen molar-refractivity contribution in [1.82, 2.24) is 0 Å². The van der Waals surface area contributed by atoms with Crippen LogP contribution in [0.5, 0.6) is 0 Å². The summed E-state index contributed by atoms with van der Waals surface area (Å²) in [6, 6.07) is 16.0. The predicted octanol–water partition coefficient (Wildman–Crippen LogP) is 6.12. The molecular weight excluding hydrogens is 333 g/mol. The molecule has 130 valence electrons. The molecule has 0 saturated heterocycles. The Hall–Kier alpha value is -2.99. The molecule has 0 spiro atoms. The van der Waals surface area contributed by atoms with Crippen LogP contribution in [0.15, 0.2) is 60.7 Å². The lowest BCUT2D eigenvalue weighted by molar-refractivity contribution is 0.509. The van der Waals surface area contributed by atoms with Gasteiger partial charge in [0.15, 0.2) is 11.6 Å². The lowest BCUT2D eigenvalue weighted by Gasteiger charge is -2.07. The molecule has 0 heterocycles. The summed E-state index contributed by atoms with van der Waals surface area (Å²) in [5.41, 5.74) is 2.50. The van der Waals surface area contributed by atoms with Gasteiger partial charge in [0.2, 0.25) is 0 Å². The summed E-state index contributed by atoms with van der Waals surface area (Å²) < 4.78 is 41.7. The van der Waals surface area contributed by atoms with E-state index < -0.39 is 11.6 Å². The SMILES string of the molecule is CCCc1ccc(-c2ccc(C#Cc3ccc(F)cc3)c(F)c2F)cc1. The van der Waals surface area contributed by atoms with E-state index in [2.05, 4.69) is 18.8 Å². The zero-order chi connectivity index (χ0) is 18.5. The molecule has 0 bridgehead atoms. The molecule has 0 radical (unpaired) electrons. The Morgan fingerprint density at radius 3 is 2.08 bits per heavy atom. The first-order valence-corrected chi connectivity index (χ1v) is 8.43. The quantitative estimate of drug-likeness (QED) is 0.499. The van der Waals surface area contributed by atoms with Gasteiger partial charge in [-0.1, -0.05) is 49.5 Å². The van der Waals surface area contributed by atoms with E-state index in [-0.39, 0.29) is 16.9 Å². The Bertz CT molecular complexity index is 959. The summed E-state index contributed by atoms with van der Waals surface area (Å²) >= 11 is 0. The van der Waals surface area contributed by atoms with Gasteiger partial charge in [-0.25, -0.2) is 13.2 Å². The van der Waals surface area contributed by atoms with Gasteiger partial charge in [0, 0.05) is 11.1 Å². The maximum atomic E-state index is 14.5. The van der Waals surface area contributed by atoms with Crippen molar-refractivity contribution in [3.05, 3.63) is 94.8 Å². The van der Waals surface area contributed by atoms with Crippen molar-refractivity contribution in [3.8, 4) is 23.0 Å². The van der Waals surface area contributed by atoms with E-state index in [1.165, 1.54) is 42.0 Å². The van der Waals surface area contributed by atoms with Crippen molar-refractivity contribution >= 4 is 0 Å². The highest BCUT2D eigenvalue weighted by molar-refractivity contribution is 5.66. The van der Waals surface area contributed by atoms with Gasteiger partial charge in [0.1, 0.15) is 5.82 Å². The van der Waals surface area contributed by atoms with Gasteiger partial charge < -0.3 is 0 Å². The summed E-state index contributed by atoms with van der Waals surface area (Å²) in [7, 11) is 0. The molecule has 0 amide bonds. The highest BCUT2D eigenvalue weighted by atomic mass is 19.2. The van der Waals surface area contributed by atoms with Crippen LogP contribution in [0.25, 0.3) is 11.1 Å². The minimum Gasteiger partial charge on any atom is -0.207 e. The van der Waals surface area contributed by atoms with Crippen LogP contribution in [0.3, 0.4) is 0 Å². The second-order valence-electron chi connectivity index (χ2n) is 5.99. The number of hydrogen-bond acceptors (Lipinski definition) is 0. The van der Waals surface area contributed by atoms with Gasteiger partial charge in [-0.2, -0.15) is 0 Å². The molecule has 3 aromatic rings. The smallest absolute Gasteiger partial charge is 0.175 e. The normalized spacial score (nSPS) is 10.3. The molecule has 0 saturated carbocycles. The number of aryl methyl sites for hydroxylation is 1. The topological polar surface area (TPSA) is 0 Å². The fourth-order valence-corrected chi connectivity index (χ4v) is 2.68. The van der Waals surface area contributed by atoms with Crippen molar-refractivity contribution in [3.63, 3.8) is 0 Å². The van der Waals surface area contributed by atoms with E-state index in [1.807, 2.05) is 12.1 Å². The second-order valence-corrected chi connectivity index (χ2v) is 5.99. The Morgan fingerprint density at radius 1 is 0.731 bits per heavy atom. The minimum absolute atomic E-state index is 0.0295. The lowest BCUT2D eigenvalue weighted by atomic mass is 10.00. The van der Waals surface area contributed by atoms with Gasteiger partial charge in [-0.3, -0.25) is 0 Å². The van der Waals surface area contributed by atoms with Gasteiger partial charge >= 0.3 is 0 Å². The molecule has 0 aromatic heterocycles. The molecule has 0 atom stereocenters. The van der Waals surface area contributed by atoms with Crippen molar-refractivity contribution in [1.29, 1.82) is 0 Å². The fraction of sp³-hybridized carbons (Fsp3) is 0.130. The van der Waals surface area contributed by atoms with Crippen molar-refractivity contribution in [2.45, 2.75) is 19.8 Å². The molecule has 0 nitrogen and oxygen atoms in total. The number of rotatable bonds is 3. The zero-order valence-electron chi connectivity index (χ0n) is 14.3. The van der Waals surface area contributed by atoms with Gasteiger partial charge in [0.05, 0.1) is 5.56 Å². The molecule has 0 unspecified atom stereocenters. The Morgan fingerprint density at radius 2 is 1.42 bits per heavy atom. The molecule has 0 N–H and O–H groups in total. The minimum atomic E-state index is -0.977. The third kappa shape index (κ3) is 3.97. The number of hydrogen-bond donors (Lipinski definition) is 0.